The highest BCUT2D eigenvalue weighted by molar-refractivity contribution is 7.80. The second kappa shape index (κ2) is 11.7. The van der Waals surface area contributed by atoms with Gasteiger partial charge in [0.25, 0.3) is 5.91 Å². The van der Waals surface area contributed by atoms with Gasteiger partial charge in [-0.1, -0.05) is 25.1 Å². The lowest BCUT2D eigenvalue weighted by Crippen LogP contribution is -2.34. The molecule has 2 aromatic rings. The van der Waals surface area contributed by atoms with Gasteiger partial charge in [0.1, 0.15) is 0 Å². The zero-order chi connectivity index (χ0) is 21.9. The molecule has 8 heteroatoms. The molecule has 0 unspecified atom stereocenters. The molecule has 2 aromatic carbocycles. The van der Waals surface area contributed by atoms with Crippen LogP contribution < -0.4 is 16.0 Å². The van der Waals surface area contributed by atoms with Gasteiger partial charge in [-0.05, 0) is 61.5 Å². The van der Waals surface area contributed by atoms with Gasteiger partial charge < -0.3 is 20.7 Å². The monoisotopic (exact) mass is 427 g/mol. The van der Waals surface area contributed by atoms with Gasteiger partial charge in [-0.2, -0.15) is 0 Å². The molecule has 0 aliphatic rings. The maximum absolute atomic E-state index is 12.3. The maximum atomic E-state index is 12.3. The number of aryl methyl sites for hydroxylation is 1. The molecule has 7 nitrogen and oxygen atoms in total. The zero-order valence-electron chi connectivity index (χ0n) is 17.0. The number of anilines is 2. The number of carbonyl (C=O) groups is 3. The van der Waals surface area contributed by atoms with Crippen molar-refractivity contribution < 1.29 is 19.1 Å². The van der Waals surface area contributed by atoms with E-state index in [-0.39, 0.29) is 29.8 Å². The van der Waals surface area contributed by atoms with Crippen LogP contribution in [0.25, 0.3) is 0 Å². The number of benzene rings is 2. The van der Waals surface area contributed by atoms with Crippen LogP contribution in [0.4, 0.5) is 11.4 Å². The first-order valence-electron chi connectivity index (χ1n) is 9.62. The number of rotatable bonds is 8. The molecule has 0 aliphatic carbocycles. The van der Waals surface area contributed by atoms with Crippen molar-refractivity contribution in [2.45, 2.75) is 33.1 Å². The van der Waals surface area contributed by atoms with Gasteiger partial charge in [0.05, 0.1) is 13.0 Å². The Morgan fingerprint density at radius 2 is 1.73 bits per heavy atom. The topological polar surface area (TPSA) is 96.5 Å². The fourth-order valence-corrected chi connectivity index (χ4v) is 2.75. The molecule has 30 heavy (non-hydrogen) atoms. The van der Waals surface area contributed by atoms with Crippen LogP contribution in [0.2, 0.25) is 0 Å². The second-order valence-corrected chi connectivity index (χ2v) is 6.98. The third-order valence-electron chi connectivity index (χ3n) is 4.04. The summed E-state index contributed by atoms with van der Waals surface area (Å²) in [5.74, 6) is -0.973. The van der Waals surface area contributed by atoms with Crippen molar-refractivity contribution in [2.75, 3.05) is 17.2 Å². The number of hydrogen-bond acceptors (Lipinski definition) is 5. The van der Waals surface area contributed by atoms with Crippen molar-refractivity contribution in [2.24, 2.45) is 0 Å². The van der Waals surface area contributed by atoms with Crippen molar-refractivity contribution in [1.29, 1.82) is 0 Å². The van der Waals surface area contributed by atoms with Crippen molar-refractivity contribution in [3.05, 3.63) is 59.7 Å². The first-order chi connectivity index (χ1) is 14.4. The van der Waals surface area contributed by atoms with Crippen LogP contribution in [0.3, 0.4) is 0 Å². The molecule has 0 atom stereocenters. The molecule has 0 aliphatic heterocycles. The number of esters is 1. The Hall–Kier alpha value is -3.26. The van der Waals surface area contributed by atoms with E-state index in [9.17, 15) is 14.4 Å². The summed E-state index contributed by atoms with van der Waals surface area (Å²) in [6.07, 6.45) is 0.733. The molecule has 3 N–H and O–H groups in total. The van der Waals surface area contributed by atoms with Crippen molar-refractivity contribution in [1.82, 2.24) is 5.32 Å². The standard InChI is InChI=1S/C22H25N3O4S/c1-3-13-29-20(27)12-11-19(26)25-22(30)23-17-9-10-18(15(2)14-17)24-21(28)16-7-5-4-6-8-16/h4-10,14H,3,11-13H2,1-2H3,(H,24,28)(H2,23,25,26,30). The third kappa shape index (κ3) is 7.63. The minimum absolute atomic E-state index is 0.00334. The van der Waals surface area contributed by atoms with E-state index in [1.807, 2.05) is 19.9 Å². The van der Waals surface area contributed by atoms with E-state index in [2.05, 4.69) is 16.0 Å². The number of hydrogen-bond donors (Lipinski definition) is 3. The molecule has 0 heterocycles. The Bertz CT molecular complexity index is 916. The second-order valence-electron chi connectivity index (χ2n) is 6.57. The van der Waals surface area contributed by atoms with Crippen LogP contribution >= 0.6 is 12.2 Å². The molecule has 0 radical (unpaired) electrons. The fraction of sp³-hybridized carbons (Fsp3) is 0.273. The van der Waals surface area contributed by atoms with E-state index < -0.39 is 5.97 Å². The van der Waals surface area contributed by atoms with Gasteiger partial charge in [-0.3, -0.25) is 14.4 Å². The summed E-state index contributed by atoms with van der Waals surface area (Å²) < 4.78 is 4.92. The Kier molecular flexibility index (Phi) is 8.96. The summed E-state index contributed by atoms with van der Waals surface area (Å²) in [6.45, 7) is 4.10. The van der Waals surface area contributed by atoms with Crippen LogP contribution in [-0.4, -0.2) is 29.5 Å². The molecule has 0 aromatic heterocycles. The van der Waals surface area contributed by atoms with E-state index in [0.717, 1.165) is 12.0 Å². The minimum Gasteiger partial charge on any atom is -0.466 e. The van der Waals surface area contributed by atoms with Gasteiger partial charge in [-0.15, -0.1) is 0 Å². The van der Waals surface area contributed by atoms with Gasteiger partial charge in [0.15, 0.2) is 5.11 Å². The predicted octanol–water partition coefficient (Wildman–Crippen LogP) is 3.79. The van der Waals surface area contributed by atoms with Gasteiger partial charge in [-0.25, -0.2) is 0 Å². The smallest absolute Gasteiger partial charge is 0.306 e. The fourth-order valence-electron chi connectivity index (χ4n) is 2.52. The SMILES string of the molecule is CCCOC(=O)CCC(=O)NC(=S)Nc1ccc(NC(=O)c2ccccc2)c(C)c1. The molecule has 0 saturated heterocycles. The number of amides is 2. The van der Waals surface area contributed by atoms with Crippen molar-refractivity contribution in [3.8, 4) is 0 Å². The highest BCUT2D eigenvalue weighted by Crippen LogP contribution is 2.20. The van der Waals surface area contributed by atoms with E-state index in [1.165, 1.54) is 0 Å². The molecule has 158 valence electrons. The molecule has 0 fully saturated rings. The van der Waals surface area contributed by atoms with E-state index in [0.29, 0.717) is 23.5 Å². The maximum Gasteiger partial charge on any atom is 0.306 e. The summed E-state index contributed by atoms with van der Waals surface area (Å²) in [6, 6.07) is 14.2. The van der Waals surface area contributed by atoms with E-state index in [1.54, 1.807) is 42.5 Å². The largest absolute Gasteiger partial charge is 0.466 e. The summed E-state index contributed by atoms with van der Waals surface area (Å²) in [5, 5.41) is 8.45. The van der Waals surface area contributed by atoms with Crippen LogP contribution in [-0.2, 0) is 14.3 Å². The summed E-state index contributed by atoms with van der Waals surface area (Å²) in [4.78, 5) is 35.6. The lowest BCUT2D eigenvalue weighted by atomic mass is 10.1. The average Bonchev–Trinajstić information content (AvgIpc) is 2.73. The van der Waals surface area contributed by atoms with Crippen LogP contribution in [0, 0.1) is 6.92 Å². The molecule has 0 saturated carbocycles. The number of carbonyl (C=O) groups excluding carboxylic acids is 3. The quantitative estimate of drug-likeness (QED) is 0.438. The molecule has 0 bridgehead atoms. The van der Waals surface area contributed by atoms with Gasteiger partial charge >= 0.3 is 5.97 Å². The van der Waals surface area contributed by atoms with Gasteiger partial charge in [0.2, 0.25) is 5.91 Å². The molecule has 2 amide bonds. The average molecular weight is 428 g/mol. The van der Waals surface area contributed by atoms with Crippen molar-refractivity contribution in [3.63, 3.8) is 0 Å². The Balaban J connectivity index is 1.84. The number of nitrogens with one attached hydrogen (secondary N) is 3. The van der Waals surface area contributed by atoms with E-state index >= 15 is 0 Å². The first kappa shape index (κ1) is 23.0. The molecule has 0 spiro atoms. The Morgan fingerprint density at radius 3 is 2.40 bits per heavy atom. The van der Waals surface area contributed by atoms with Gasteiger partial charge in [0, 0.05) is 23.4 Å². The highest BCUT2D eigenvalue weighted by atomic mass is 32.1. The Labute approximate surface area is 181 Å². The predicted molar refractivity (Wildman–Crippen MR) is 120 cm³/mol. The van der Waals surface area contributed by atoms with Crippen LogP contribution in [0.5, 0.6) is 0 Å². The molecule has 2 rings (SSSR count). The normalized spacial score (nSPS) is 10.1. The van der Waals surface area contributed by atoms with E-state index in [4.69, 9.17) is 17.0 Å². The summed E-state index contributed by atoms with van der Waals surface area (Å²) >= 11 is 5.14. The van der Waals surface area contributed by atoms with Crippen molar-refractivity contribution >= 4 is 46.5 Å². The number of ether oxygens (including phenoxy) is 1. The van der Waals surface area contributed by atoms with Crippen LogP contribution in [0.1, 0.15) is 42.1 Å². The zero-order valence-corrected chi connectivity index (χ0v) is 17.8. The first-order valence-corrected chi connectivity index (χ1v) is 10.0. The third-order valence-corrected chi connectivity index (χ3v) is 4.25. The summed E-state index contributed by atoms with van der Waals surface area (Å²) in [5.41, 5.74) is 2.74. The minimum atomic E-state index is -0.408. The lowest BCUT2D eigenvalue weighted by molar-refractivity contribution is -0.144. The number of thiocarbonyl (C=S) groups is 1. The molecular weight excluding hydrogens is 402 g/mol. The highest BCUT2D eigenvalue weighted by Gasteiger charge is 2.11. The van der Waals surface area contributed by atoms with Crippen LogP contribution in [0.15, 0.2) is 48.5 Å². The molecular formula is C22H25N3O4S. The lowest BCUT2D eigenvalue weighted by Gasteiger charge is -2.13. The summed E-state index contributed by atoms with van der Waals surface area (Å²) in [7, 11) is 0. The Morgan fingerprint density at radius 1 is 1.00 bits per heavy atom.